The zero-order valence-electron chi connectivity index (χ0n) is 9.78. The summed E-state index contributed by atoms with van der Waals surface area (Å²) in [6.07, 6.45) is 3.38. The zero-order chi connectivity index (χ0) is 11.7. The van der Waals surface area contributed by atoms with Gasteiger partial charge in [-0.05, 0) is 38.0 Å². The summed E-state index contributed by atoms with van der Waals surface area (Å²) in [5, 5.41) is 12.1. The summed E-state index contributed by atoms with van der Waals surface area (Å²) < 4.78 is 1.82. The second-order valence-corrected chi connectivity index (χ2v) is 4.11. The first-order chi connectivity index (χ1) is 7.58. The topological polar surface area (TPSA) is 41.7 Å². The highest BCUT2D eigenvalue weighted by molar-refractivity contribution is 5.48. The molecule has 0 bridgehead atoms. The van der Waals surface area contributed by atoms with Crippen molar-refractivity contribution in [1.82, 2.24) is 9.78 Å². The van der Waals surface area contributed by atoms with E-state index in [0.717, 1.165) is 5.69 Å². The molecule has 0 aliphatic carbocycles. The molecule has 0 aliphatic rings. The van der Waals surface area contributed by atoms with E-state index in [1.165, 1.54) is 16.7 Å². The zero-order valence-corrected chi connectivity index (χ0v) is 9.78. The van der Waals surface area contributed by atoms with E-state index in [1.54, 1.807) is 12.3 Å². The highest BCUT2D eigenvalue weighted by atomic mass is 15.3. The van der Waals surface area contributed by atoms with Gasteiger partial charge < -0.3 is 0 Å². The van der Waals surface area contributed by atoms with Gasteiger partial charge in [-0.15, -0.1) is 0 Å². The monoisotopic (exact) mass is 213 g/mol. The van der Waals surface area contributed by atoms with Gasteiger partial charge in [-0.2, -0.15) is 5.10 Å². The van der Waals surface area contributed by atoms with Crippen LogP contribution in [0.15, 0.2) is 30.6 Å². The average Bonchev–Trinajstić information content (AvgIpc) is 2.19. The van der Waals surface area contributed by atoms with E-state index >= 15 is 0 Å². The van der Waals surface area contributed by atoms with Crippen molar-refractivity contribution in [2.45, 2.75) is 20.8 Å². The molecule has 3 nitrogen and oxygen atoms in total. The van der Waals surface area contributed by atoms with Crippen molar-refractivity contribution >= 4 is 0 Å². The predicted molar refractivity (Wildman–Crippen MR) is 63.6 cm³/mol. The number of aromatic nitrogens is 2. The SMILES string of the molecule is Cc1cc(C)c(-n2ccc(=N)cn2)c(C)c1. The third-order valence-corrected chi connectivity index (χ3v) is 2.58. The van der Waals surface area contributed by atoms with Crippen molar-refractivity contribution in [3.05, 3.63) is 52.6 Å². The fourth-order valence-corrected chi connectivity index (χ4v) is 2.02. The number of hydrogen-bond acceptors (Lipinski definition) is 2. The molecule has 1 N–H and O–H groups in total. The molecule has 1 aromatic heterocycles. The maximum Gasteiger partial charge on any atom is 0.0756 e. The van der Waals surface area contributed by atoms with Crippen LogP contribution in [0.1, 0.15) is 16.7 Å². The third-order valence-electron chi connectivity index (χ3n) is 2.58. The molecule has 3 heteroatoms. The minimum absolute atomic E-state index is 0.429. The second-order valence-electron chi connectivity index (χ2n) is 4.11. The van der Waals surface area contributed by atoms with Crippen LogP contribution in [-0.2, 0) is 0 Å². The Hall–Kier alpha value is -1.90. The molecule has 0 unspecified atom stereocenters. The Morgan fingerprint density at radius 1 is 1.12 bits per heavy atom. The van der Waals surface area contributed by atoms with Crippen LogP contribution in [0.25, 0.3) is 5.69 Å². The molecule has 0 fully saturated rings. The summed E-state index contributed by atoms with van der Waals surface area (Å²) in [4.78, 5) is 0. The Balaban J connectivity index is 2.64. The van der Waals surface area contributed by atoms with Crippen molar-refractivity contribution in [2.75, 3.05) is 0 Å². The van der Waals surface area contributed by atoms with Crippen LogP contribution in [0.4, 0.5) is 0 Å². The van der Waals surface area contributed by atoms with Gasteiger partial charge in [0.15, 0.2) is 0 Å². The molecule has 0 spiro atoms. The molecule has 2 aromatic rings. The summed E-state index contributed by atoms with van der Waals surface area (Å²) in [6.45, 7) is 6.26. The van der Waals surface area contributed by atoms with Crippen molar-refractivity contribution in [1.29, 1.82) is 5.41 Å². The molecule has 0 radical (unpaired) electrons. The second kappa shape index (κ2) is 3.93. The highest BCUT2D eigenvalue weighted by Gasteiger charge is 2.05. The number of hydrogen-bond donors (Lipinski definition) is 1. The van der Waals surface area contributed by atoms with E-state index in [2.05, 4.69) is 38.0 Å². The third kappa shape index (κ3) is 1.89. The number of nitrogens with zero attached hydrogens (tertiary/aromatic N) is 2. The Morgan fingerprint density at radius 3 is 2.25 bits per heavy atom. The minimum atomic E-state index is 0.429. The highest BCUT2D eigenvalue weighted by Crippen LogP contribution is 2.19. The first kappa shape index (κ1) is 10.6. The molecule has 16 heavy (non-hydrogen) atoms. The van der Waals surface area contributed by atoms with Gasteiger partial charge in [0.1, 0.15) is 0 Å². The standard InChI is InChI=1S/C13H15N3/c1-9-6-10(2)13(11(3)7-9)16-5-4-12(14)8-15-16/h4-8,14H,1-3H3. The van der Waals surface area contributed by atoms with E-state index in [-0.39, 0.29) is 0 Å². The van der Waals surface area contributed by atoms with E-state index in [0.29, 0.717) is 5.36 Å². The fourth-order valence-electron chi connectivity index (χ4n) is 2.02. The molecule has 0 atom stereocenters. The van der Waals surface area contributed by atoms with Gasteiger partial charge in [0.2, 0.25) is 0 Å². The first-order valence-electron chi connectivity index (χ1n) is 5.26. The molecular weight excluding hydrogens is 198 g/mol. The quantitative estimate of drug-likeness (QED) is 0.775. The van der Waals surface area contributed by atoms with E-state index in [4.69, 9.17) is 5.41 Å². The molecular formula is C13H15N3. The van der Waals surface area contributed by atoms with Gasteiger partial charge in [0, 0.05) is 6.20 Å². The van der Waals surface area contributed by atoms with Gasteiger partial charge in [0.05, 0.1) is 17.2 Å². The predicted octanol–water partition coefficient (Wildman–Crippen LogP) is 2.28. The van der Waals surface area contributed by atoms with Gasteiger partial charge in [0.25, 0.3) is 0 Å². The number of nitrogens with one attached hydrogen (secondary N) is 1. The van der Waals surface area contributed by atoms with Crippen LogP contribution >= 0.6 is 0 Å². The van der Waals surface area contributed by atoms with E-state index in [1.807, 2.05) is 10.9 Å². The Bertz CT molecular complexity index is 538. The molecule has 0 amide bonds. The van der Waals surface area contributed by atoms with Crippen LogP contribution in [0, 0.1) is 26.2 Å². The largest absolute Gasteiger partial charge is 0.299 e. The summed E-state index contributed by atoms with van der Waals surface area (Å²) >= 11 is 0. The van der Waals surface area contributed by atoms with Crippen molar-refractivity contribution < 1.29 is 0 Å². The molecule has 2 rings (SSSR count). The number of aryl methyl sites for hydroxylation is 3. The molecule has 1 heterocycles. The normalized spacial score (nSPS) is 10.4. The van der Waals surface area contributed by atoms with E-state index in [9.17, 15) is 0 Å². The lowest BCUT2D eigenvalue weighted by molar-refractivity contribution is 0.816. The summed E-state index contributed by atoms with van der Waals surface area (Å²) in [5.41, 5.74) is 4.77. The Morgan fingerprint density at radius 2 is 1.75 bits per heavy atom. The van der Waals surface area contributed by atoms with E-state index < -0.39 is 0 Å². The van der Waals surface area contributed by atoms with Crippen LogP contribution in [0.2, 0.25) is 0 Å². The van der Waals surface area contributed by atoms with Crippen LogP contribution in [-0.4, -0.2) is 9.78 Å². The van der Waals surface area contributed by atoms with Crippen LogP contribution < -0.4 is 5.36 Å². The van der Waals surface area contributed by atoms with Crippen molar-refractivity contribution in [3.8, 4) is 5.69 Å². The smallest absolute Gasteiger partial charge is 0.0756 e. The number of rotatable bonds is 1. The Labute approximate surface area is 94.9 Å². The van der Waals surface area contributed by atoms with Gasteiger partial charge in [-0.25, -0.2) is 4.68 Å². The van der Waals surface area contributed by atoms with Crippen LogP contribution in [0.5, 0.6) is 0 Å². The molecule has 0 saturated carbocycles. The lowest BCUT2D eigenvalue weighted by Crippen LogP contribution is -2.09. The molecule has 0 aliphatic heterocycles. The van der Waals surface area contributed by atoms with Gasteiger partial charge in [-0.3, -0.25) is 5.41 Å². The minimum Gasteiger partial charge on any atom is -0.299 e. The average molecular weight is 213 g/mol. The lowest BCUT2D eigenvalue weighted by atomic mass is 10.1. The van der Waals surface area contributed by atoms with Crippen LogP contribution in [0.3, 0.4) is 0 Å². The summed E-state index contributed by atoms with van der Waals surface area (Å²) in [7, 11) is 0. The fraction of sp³-hybridized carbons (Fsp3) is 0.231. The molecule has 1 aromatic carbocycles. The number of benzene rings is 1. The Kier molecular flexibility index (Phi) is 2.60. The van der Waals surface area contributed by atoms with Gasteiger partial charge in [-0.1, -0.05) is 17.7 Å². The summed E-state index contributed by atoms with van der Waals surface area (Å²) in [6, 6.07) is 6.03. The first-order valence-corrected chi connectivity index (χ1v) is 5.26. The van der Waals surface area contributed by atoms with Gasteiger partial charge >= 0.3 is 0 Å². The maximum atomic E-state index is 7.42. The van der Waals surface area contributed by atoms with Crippen molar-refractivity contribution in [2.24, 2.45) is 0 Å². The maximum absolute atomic E-state index is 7.42. The molecule has 0 saturated heterocycles. The summed E-state index contributed by atoms with van der Waals surface area (Å²) in [5.74, 6) is 0. The molecule has 82 valence electrons. The van der Waals surface area contributed by atoms with Crippen molar-refractivity contribution in [3.63, 3.8) is 0 Å². The lowest BCUT2D eigenvalue weighted by Gasteiger charge is -2.12.